The smallest absolute Gasteiger partial charge is 0.123 e. The van der Waals surface area contributed by atoms with Crippen molar-refractivity contribution in [2.75, 3.05) is 19.6 Å². The Hall–Kier alpha value is -1.06. The molecular weight excluding hydrogens is 260 g/mol. The van der Waals surface area contributed by atoms with Gasteiger partial charge in [-0.15, -0.1) is 0 Å². The predicted octanol–water partition coefficient (Wildman–Crippen LogP) is 2.89. The van der Waals surface area contributed by atoms with Gasteiger partial charge in [-0.05, 0) is 37.9 Å². The van der Waals surface area contributed by atoms with Crippen LogP contribution in [-0.4, -0.2) is 36.2 Å². The highest BCUT2D eigenvalue weighted by molar-refractivity contribution is 5.40. The minimum Gasteiger partial charge on any atom is -0.488 e. The second kappa shape index (κ2) is 5.98. The van der Waals surface area contributed by atoms with E-state index in [1.165, 1.54) is 36.8 Å². The lowest BCUT2D eigenvalue weighted by Crippen LogP contribution is -2.54. The fourth-order valence-corrected chi connectivity index (χ4v) is 4.14. The molecule has 1 heterocycles. The Kier molecular flexibility index (Phi) is 4.23. The van der Waals surface area contributed by atoms with Crippen LogP contribution in [0, 0.1) is 6.92 Å². The van der Waals surface area contributed by atoms with Gasteiger partial charge in [0.1, 0.15) is 11.9 Å². The molecule has 116 valence electrons. The molecule has 1 atom stereocenters. The topological polar surface area (TPSA) is 38.5 Å². The number of rotatable bonds is 5. The molecule has 0 bridgehead atoms. The third-order valence-corrected chi connectivity index (χ3v) is 5.35. The van der Waals surface area contributed by atoms with E-state index in [0.717, 1.165) is 31.8 Å². The normalized spacial score (nSPS) is 23.3. The minimum absolute atomic E-state index is 0.225. The number of nitrogens with zero attached hydrogens (tertiary/aromatic N) is 1. The summed E-state index contributed by atoms with van der Waals surface area (Å²) in [5.74, 6) is 1.08. The van der Waals surface area contributed by atoms with Crippen LogP contribution in [0.15, 0.2) is 18.2 Å². The molecule has 2 aliphatic rings. The molecule has 0 aromatic heterocycles. The Bertz CT molecular complexity index is 494. The highest BCUT2D eigenvalue weighted by Gasteiger charge is 2.39. The minimum atomic E-state index is 0.225. The van der Waals surface area contributed by atoms with E-state index in [4.69, 9.17) is 10.5 Å². The van der Waals surface area contributed by atoms with E-state index in [9.17, 15) is 0 Å². The van der Waals surface area contributed by atoms with Crippen LogP contribution in [0.25, 0.3) is 0 Å². The van der Waals surface area contributed by atoms with Crippen LogP contribution in [0.5, 0.6) is 5.75 Å². The summed E-state index contributed by atoms with van der Waals surface area (Å²) in [6.07, 6.45) is 6.45. The number of aryl methyl sites for hydroxylation is 1. The second-order valence-electron chi connectivity index (χ2n) is 6.73. The van der Waals surface area contributed by atoms with Gasteiger partial charge in [-0.3, -0.25) is 4.90 Å². The molecule has 0 radical (unpaired) electrons. The Balaban J connectivity index is 1.69. The maximum atomic E-state index is 6.16. The number of likely N-dealkylation sites (N-methyl/N-ethyl adjacent to an activating group) is 1. The standard InChI is InChI=1S/C18H28N2O/c1-3-20(18(13-19)8-4-5-9-18)12-16-11-15-10-14(2)6-7-17(15)21-16/h6-7,10,16H,3-5,8-9,11-13,19H2,1-2H3. The summed E-state index contributed by atoms with van der Waals surface area (Å²) in [5.41, 5.74) is 9.05. The quantitative estimate of drug-likeness (QED) is 0.905. The lowest BCUT2D eigenvalue weighted by atomic mass is 9.94. The molecule has 1 aromatic carbocycles. The fraction of sp³-hybridized carbons (Fsp3) is 0.667. The lowest BCUT2D eigenvalue weighted by molar-refractivity contribution is 0.0608. The Morgan fingerprint density at radius 1 is 1.33 bits per heavy atom. The Morgan fingerprint density at radius 2 is 2.10 bits per heavy atom. The molecule has 0 saturated heterocycles. The molecule has 1 saturated carbocycles. The van der Waals surface area contributed by atoms with Crippen molar-refractivity contribution in [2.24, 2.45) is 5.73 Å². The maximum Gasteiger partial charge on any atom is 0.123 e. The molecule has 1 aromatic rings. The van der Waals surface area contributed by atoms with Crippen molar-refractivity contribution in [1.29, 1.82) is 0 Å². The van der Waals surface area contributed by atoms with Gasteiger partial charge < -0.3 is 10.5 Å². The monoisotopic (exact) mass is 288 g/mol. The first-order chi connectivity index (χ1) is 10.2. The Morgan fingerprint density at radius 3 is 2.76 bits per heavy atom. The van der Waals surface area contributed by atoms with Gasteiger partial charge in [-0.25, -0.2) is 0 Å². The number of hydrogen-bond donors (Lipinski definition) is 1. The van der Waals surface area contributed by atoms with Gasteiger partial charge in [0.15, 0.2) is 0 Å². The number of hydrogen-bond acceptors (Lipinski definition) is 3. The molecule has 1 unspecified atom stereocenters. The van der Waals surface area contributed by atoms with Crippen LogP contribution in [0.3, 0.4) is 0 Å². The number of benzene rings is 1. The molecule has 3 nitrogen and oxygen atoms in total. The largest absolute Gasteiger partial charge is 0.488 e. The van der Waals surface area contributed by atoms with Crippen LogP contribution in [0.4, 0.5) is 0 Å². The molecule has 1 aliphatic carbocycles. The molecule has 21 heavy (non-hydrogen) atoms. The summed E-state index contributed by atoms with van der Waals surface area (Å²) in [6.45, 7) is 7.24. The van der Waals surface area contributed by atoms with Gasteiger partial charge in [-0.1, -0.05) is 37.5 Å². The Labute approximate surface area is 128 Å². The molecular formula is C18H28N2O. The van der Waals surface area contributed by atoms with Crippen molar-refractivity contribution in [1.82, 2.24) is 4.90 Å². The highest BCUT2D eigenvalue weighted by Crippen LogP contribution is 2.36. The van der Waals surface area contributed by atoms with Crippen molar-refractivity contribution in [3.63, 3.8) is 0 Å². The van der Waals surface area contributed by atoms with Gasteiger partial charge >= 0.3 is 0 Å². The summed E-state index contributed by atoms with van der Waals surface area (Å²) < 4.78 is 6.16. The van der Waals surface area contributed by atoms with Gasteiger partial charge in [0.2, 0.25) is 0 Å². The van der Waals surface area contributed by atoms with Gasteiger partial charge in [0.25, 0.3) is 0 Å². The van der Waals surface area contributed by atoms with Crippen molar-refractivity contribution in [2.45, 2.75) is 57.6 Å². The second-order valence-corrected chi connectivity index (χ2v) is 6.73. The summed E-state index contributed by atoms with van der Waals surface area (Å²) in [7, 11) is 0. The first-order valence-electron chi connectivity index (χ1n) is 8.38. The number of fused-ring (bicyclic) bond motifs is 1. The lowest BCUT2D eigenvalue weighted by Gasteiger charge is -2.41. The van der Waals surface area contributed by atoms with Crippen molar-refractivity contribution >= 4 is 0 Å². The first-order valence-corrected chi connectivity index (χ1v) is 8.38. The van der Waals surface area contributed by atoms with E-state index in [2.05, 4.69) is 36.9 Å². The third kappa shape index (κ3) is 2.82. The van der Waals surface area contributed by atoms with Crippen LogP contribution in [0.1, 0.15) is 43.7 Å². The van der Waals surface area contributed by atoms with Gasteiger partial charge in [0, 0.05) is 25.0 Å². The van der Waals surface area contributed by atoms with Crippen LogP contribution in [-0.2, 0) is 6.42 Å². The molecule has 1 aliphatic heterocycles. The van der Waals surface area contributed by atoms with E-state index < -0.39 is 0 Å². The molecule has 0 amide bonds. The van der Waals surface area contributed by atoms with Crippen molar-refractivity contribution < 1.29 is 4.74 Å². The van der Waals surface area contributed by atoms with E-state index in [0.29, 0.717) is 0 Å². The van der Waals surface area contributed by atoms with Crippen molar-refractivity contribution in [3.05, 3.63) is 29.3 Å². The first kappa shape index (κ1) is 14.9. The average Bonchev–Trinajstić information content (AvgIpc) is 3.11. The molecule has 3 rings (SSSR count). The fourth-order valence-electron chi connectivity index (χ4n) is 4.14. The van der Waals surface area contributed by atoms with Crippen LogP contribution in [0.2, 0.25) is 0 Å². The van der Waals surface area contributed by atoms with Crippen molar-refractivity contribution in [3.8, 4) is 5.75 Å². The maximum absolute atomic E-state index is 6.16. The zero-order valence-electron chi connectivity index (χ0n) is 13.4. The van der Waals surface area contributed by atoms with E-state index in [-0.39, 0.29) is 11.6 Å². The zero-order chi connectivity index (χ0) is 14.9. The summed E-state index contributed by atoms with van der Waals surface area (Å²) in [4.78, 5) is 2.59. The van der Waals surface area contributed by atoms with Gasteiger partial charge in [0.05, 0.1) is 0 Å². The molecule has 1 fully saturated rings. The molecule has 0 spiro atoms. The summed E-state index contributed by atoms with van der Waals surface area (Å²) in [6, 6.07) is 6.52. The third-order valence-electron chi connectivity index (χ3n) is 5.35. The predicted molar refractivity (Wildman–Crippen MR) is 86.8 cm³/mol. The van der Waals surface area contributed by atoms with E-state index in [1.807, 2.05) is 0 Å². The van der Waals surface area contributed by atoms with E-state index >= 15 is 0 Å². The summed E-state index contributed by atoms with van der Waals surface area (Å²) in [5, 5.41) is 0. The van der Waals surface area contributed by atoms with Crippen LogP contribution >= 0.6 is 0 Å². The SMILES string of the molecule is CCN(CC1Cc2cc(C)ccc2O1)C1(CN)CCCC1. The summed E-state index contributed by atoms with van der Waals surface area (Å²) >= 11 is 0. The molecule has 3 heteroatoms. The number of ether oxygens (including phenoxy) is 1. The number of nitrogens with two attached hydrogens (primary N) is 1. The van der Waals surface area contributed by atoms with Crippen LogP contribution < -0.4 is 10.5 Å². The average molecular weight is 288 g/mol. The van der Waals surface area contributed by atoms with E-state index in [1.54, 1.807) is 0 Å². The van der Waals surface area contributed by atoms with Gasteiger partial charge in [-0.2, -0.15) is 0 Å². The zero-order valence-corrected chi connectivity index (χ0v) is 13.4. The molecule has 2 N–H and O–H groups in total. The highest BCUT2D eigenvalue weighted by atomic mass is 16.5.